The molecule has 1 aromatic rings. The maximum atomic E-state index is 11.8. The predicted molar refractivity (Wildman–Crippen MR) is 90.7 cm³/mol. The number of hydrogen-bond acceptors (Lipinski definition) is 3. The van der Waals surface area contributed by atoms with Crippen LogP contribution in [0.2, 0.25) is 0 Å². The van der Waals surface area contributed by atoms with Crippen LogP contribution in [0.15, 0.2) is 24.3 Å². The molecule has 0 saturated heterocycles. The highest BCUT2D eigenvalue weighted by Crippen LogP contribution is 2.16. The zero-order valence-electron chi connectivity index (χ0n) is 13.2. The summed E-state index contributed by atoms with van der Waals surface area (Å²) in [6, 6.07) is 7.51. The SMILES string of the molecule is CCCCOc1ccc(NC(=S)NC(=O)C(C)(C)C)cc1. The highest BCUT2D eigenvalue weighted by atomic mass is 32.1. The number of nitrogens with one attached hydrogen (secondary N) is 2. The predicted octanol–water partition coefficient (Wildman–Crippen LogP) is 3.72. The zero-order chi connectivity index (χ0) is 15.9. The standard InChI is InChI=1S/C16H24N2O2S/c1-5-6-11-20-13-9-7-12(8-10-13)17-15(21)18-14(19)16(2,3)4/h7-10H,5-6,11H2,1-4H3,(H2,17,18,19,21). The lowest BCUT2D eigenvalue weighted by Crippen LogP contribution is -2.41. The number of anilines is 1. The third-order valence-electron chi connectivity index (χ3n) is 2.79. The molecule has 1 aromatic carbocycles. The summed E-state index contributed by atoms with van der Waals surface area (Å²) >= 11 is 5.13. The van der Waals surface area contributed by atoms with Crippen molar-refractivity contribution in [1.29, 1.82) is 0 Å². The van der Waals surface area contributed by atoms with Crippen molar-refractivity contribution in [2.24, 2.45) is 5.41 Å². The highest BCUT2D eigenvalue weighted by Gasteiger charge is 2.21. The van der Waals surface area contributed by atoms with E-state index in [4.69, 9.17) is 17.0 Å². The topological polar surface area (TPSA) is 50.4 Å². The van der Waals surface area contributed by atoms with Crippen LogP contribution in [-0.4, -0.2) is 17.6 Å². The van der Waals surface area contributed by atoms with Crippen molar-refractivity contribution in [1.82, 2.24) is 5.32 Å². The molecule has 0 aliphatic rings. The second kappa shape index (κ2) is 7.98. The Morgan fingerprint density at radius 2 is 1.86 bits per heavy atom. The third kappa shape index (κ3) is 6.58. The van der Waals surface area contributed by atoms with Gasteiger partial charge in [0, 0.05) is 11.1 Å². The van der Waals surface area contributed by atoms with Gasteiger partial charge in [0.1, 0.15) is 5.75 Å². The number of rotatable bonds is 5. The minimum Gasteiger partial charge on any atom is -0.494 e. The number of unbranched alkanes of at least 4 members (excludes halogenated alkanes) is 1. The molecule has 0 spiro atoms. The molecule has 0 heterocycles. The summed E-state index contributed by atoms with van der Waals surface area (Å²) in [5.41, 5.74) is 0.347. The van der Waals surface area contributed by atoms with E-state index in [1.54, 1.807) is 0 Å². The fourth-order valence-corrected chi connectivity index (χ4v) is 1.63. The summed E-state index contributed by atoms with van der Waals surface area (Å²) in [6.45, 7) is 8.38. The first-order valence-corrected chi connectivity index (χ1v) is 7.59. The van der Waals surface area contributed by atoms with Gasteiger partial charge < -0.3 is 15.4 Å². The Morgan fingerprint density at radius 3 is 2.38 bits per heavy atom. The molecule has 1 rings (SSSR count). The van der Waals surface area contributed by atoms with Crippen molar-refractivity contribution in [3.05, 3.63) is 24.3 Å². The molecular weight excluding hydrogens is 284 g/mol. The van der Waals surface area contributed by atoms with E-state index < -0.39 is 5.41 Å². The zero-order valence-corrected chi connectivity index (χ0v) is 14.0. The van der Waals surface area contributed by atoms with Crippen molar-refractivity contribution in [3.8, 4) is 5.75 Å². The van der Waals surface area contributed by atoms with Gasteiger partial charge in [-0.2, -0.15) is 0 Å². The smallest absolute Gasteiger partial charge is 0.231 e. The van der Waals surface area contributed by atoms with E-state index in [0.717, 1.165) is 30.9 Å². The monoisotopic (exact) mass is 308 g/mol. The number of ether oxygens (including phenoxy) is 1. The van der Waals surface area contributed by atoms with Crippen molar-refractivity contribution in [2.45, 2.75) is 40.5 Å². The van der Waals surface area contributed by atoms with E-state index in [1.807, 2.05) is 45.0 Å². The van der Waals surface area contributed by atoms with Crippen LogP contribution in [-0.2, 0) is 4.79 Å². The summed E-state index contributed by atoms with van der Waals surface area (Å²) < 4.78 is 5.59. The summed E-state index contributed by atoms with van der Waals surface area (Å²) in [4.78, 5) is 11.8. The minimum atomic E-state index is -0.470. The third-order valence-corrected chi connectivity index (χ3v) is 2.99. The molecule has 0 aliphatic carbocycles. The fourth-order valence-electron chi connectivity index (χ4n) is 1.42. The number of benzene rings is 1. The molecule has 0 unspecified atom stereocenters. The maximum Gasteiger partial charge on any atom is 0.231 e. The van der Waals surface area contributed by atoms with Gasteiger partial charge in [-0.25, -0.2) is 0 Å². The average molecular weight is 308 g/mol. The van der Waals surface area contributed by atoms with Crippen LogP contribution in [0.4, 0.5) is 5.69 Å². The van der Waals surface area contributed by atoms with E-state index in [1.165, 1.54) is 0 Å². The van der Waals surface area contributed by atoms with Crippen LogP contribution in [0.25, 0.3) is 0 Å². The second-order valence-electron chi connectivity index (χ2n) is 5.88. The Bertz CT molecular complexity index is 478. The number of carbonyl (C=O) groups is 1. The molecule has 0 aliphatic heterocycles. The lowest BCUT2D eigenvalue weighted by molar-refractivity contribution is -0.126. The molecule has 21 heavy (non-hydrogen) atoms. The molecule has 5 heteroatoms. The van der Waals surface area contributed by atoms with Crippen molar-refractivity contribution < 1.29 is 9.53 Å². The number of amides is 1. The second-order valence-corrected chi connectivity index (χ2v) is 6.29. The number of hydrogen-bond donors (Lipinski definition) is 2. The molecule has 0 radical (unpaired) electrons. The quantitative estimate of drug-likeness (QED) is 0.643. The molecule has 0 saturated carbocycles. The van der Waals surface area contributed by atoms with Crippen LogP contribution in [0.5, 0.6) is 5.75 Å². The summed E-state index contributed by atoms with van der Waals surface area (Å²) in [5.74, 6) is 0.721. The van der Waals surface area contributed by atoms with Gasteiger partial charge in [0.15, 0.2) is 5.11 Å². The molecule has 116 valence electrons. The van der Waals surface area contributed by atoms with Crippen molar-refractivity contribution in [2.75, 3.05) is 11.9 Å². The fraction of sp³-hybridized carbons (Fsp3) is 0.500. The Labute approximate surface area is 132 Å². The largest absolute Gasteiger partial charge is 0.494 e. The van der Waals surface area contributed by atoms with Crippen LogP contribution in [0, 0.1) is 5.41 Å². The first kappa shape index (κ1) is 17.4. The molecular formula is C16H24N2O2S. The van der Waals surface area contributed by atoms with Gasteiger partial charge in [0.05, 0.1) is 6.61 Å². The van der Waals surface area contributed by atoms with Gasteiger partial charge >= 0.3 is 0 Å². The summed E-state index contributed by atoms with van der Waals surface area (Å²) in [6.07, 6.45) is 2.16. The van der Waals surface area contributed by atoms with Crippen LogP contribution in [0.1, 0.15) is 40.5 Å². The van der Waals surface area contributed by atoms with E-state index in [0.29, 0.717) is 5.11 Å². The summed E-state index contributed by atoms with van der Waals surface area (Å²) in [7, 11) is 0. The molecule has 2 N–H and O–H groups in total. The lowest BCUT2D eigenvalue weighted by atomic mass is 9.96. The summed E-state index contributed by atoms with van der Waals surface area (Å²) in [5, 5.41) is 5.96. The Balaban J connectivity index is 2.48. The van der Waals surface area contributed by atoms with E-state index >= 15 is 0 Å². The first-order valence-electron chi connectivity index (χ1n) is 7.18. The first-order chi connectivity index (χ1) is 9.82. The molecule has 0 atom stereocenters. The van der Waals surface area contributed by atoms with Crippen LogP contribution in [0.3, 0.4) is 0 Å². The lowest BCUT2D eigenvalue weighted by Gasteiger charge is -2.18. The van der Waals surface area contributed by atoms with Crippen LogP contribution < -0.4 is 15.4 Å². The molecule has 1 amide bonds. The van der Waals surface area contributed by atoms with Crippen LogP contribution >= 0.6 is 12.2 Å². The number of thiocarbonyl (C=S) groups is 1. The highest BCUT2D eigenvalue weighted by molar-refractivity contribution is 7.80. The molecule has 0 bridgehead atoms. The molecule has 4 nitrogen and oxygen atoms in total. The van der Waals surface area contributed by atoms with Gasteiger partial charge in [-0.15, -0.1) is 0 Å². The molecule has 0 aromatic heterocycles. The van der Waals surface area contributed by atoms with Gasteiger partial charge in [0.2, 0.25) is 5.91 Å². The van der Waals surface area contributed by atoms with E-state index in [-0.39, 0.29) is 5.91 Å². The van der Waals surface area contributed by atoms with Gasteiger partial charge in [0.25, 0.3) is 0 Å². The maximum absolute atomic E-state index is 11.8. The van der Waals surface area contributed by atoms with Crippen molar-refractivity contribution >= 4 is 28.9 Å². The van der Waals surface area contributed by atoms with E-state index in [9.17, 15) is 4.79 Å². The van der Waals surface area contributed by atoms with E-state index in [2.05, 4.69) is 17.6 Å². The normalized spacial score (nSPS) is 10.9. The Morgan fingerprint density at radius 1 is 1.24 bits per heavy atom. The van der Waals surface area contributed by atoms with Gasteiger partial charge in [-0.1, -0.05) is 34.1 Å². The Hall–Kier alpha value is -1.62. The average Bonchev–Trinajstić information content (AvgIpc) is 2.40. The van der Waals surface area contributed by atoms with Gasteiger partial charge in [-0.05, 0) is 42.9 Å². The molecule has 0 fully saturated rings. The number of carbonyl (C=O) groups excluding carboxylic acids is 1. The minimum absolute atomic E-state index is 0.112. The van der Waals surface area contributed by atoms with Gasteiger partial charge in [-0.3, -0.25) is 4.79 Å². The van der Waals surface area contributed by atoms with Crippen molar-refractivity contribution in [3.63, 3.8) is 0 Å². The Kier molecular flexibility index (Phi) is 6.62.